The number of ether oxygens (including phenoxy) is 2. The fourth-order valence-corrected chi connectivity index (χ4v) is 3.79. The highest BCUT2D eigenvalue weighted by Gasteiger charge is 2.21. The molecule has 178 valence electrons. The summed E-state index contributed by atoms with van der Waals surface area (Å²) in [5, 5.41) is 3.88. The summed E-state index contributed by atoms with van der Waals surface area (Å²) in [6, 6.07) is 8.04. The molecular weight excluding hydrogens is 459 g/mol. The van der Waals surface area contributed by atoms with Gasteiger partial charge in [0.2, 0.25) is 0 Å². The number of ketones is 1. The molecule has 2 aromatic carbocycles. The van der Waals surface area contributed by atoms with Crippen molar-refractivity contribution in [3.8, 4) is 5.75 Å². The second kappa shape index (κ2) is 10.9. The van der Waals surface area contributed by atoms with Crippen LogP contribution in [0.25, 0.3) is 10.9 Å². The molecule has 0 spiro atoms. The standard InChI is InChI=1S/C25H26ClFN4O3/c1-31(2)8-3-4-18(32)10-16-11-20-23(13-24(16)34-19-7-9-33-14-19)28-15-29-25(20)30-17-5-6-22(27)21(26)12-17/h3-6,11-13,15,19H,7-10,14H2,1-2H3,(H,28,29,30)/b4-3+/t19-/m0/s1. The van der Waals surface area contributed by atoms with Gasteiger partial charge in [0.05, 0.1) is 23.8 Å². The molecule has 1 N–H and O–H groups in total. The summed E-state index contributed by atoms with van der Waals surface area (Å²) in [4.78, 5) is 23.4. The van der Waals surface area contributed by atoms with E-state index in [4.69, 9.17) is 21.1 Å². The highest BCUT2D eigenvalue weighted by Crippen LogP contribution is 2.32. The van der Waals surface area contributed by atoms with Crippen LogP contribution in [0.15, 0.2) is 48.8 Å². The third-order valence-electron chi connectivity index (χ3n) is 5.32. The van der Waals surface area contributed by atoms with Crippen molar-refractivity contribution in [2.24, 2.45) is 0 Å². The van der Waals surface area contributed by atoms with Crippen molar-refractivity contribution < 1.29 is 18.7 Å². The first-order valence-electron chi connectivity index (χ1n) is 11.0. The van der Waals surface area contributed by atoms with E-state index in [1.54, 1.807) is 12.1 Å². The van der Waals surface area contributed by atoms with Crippen molar-refractivity contribution in [1.29, 1.82) is 0 Å². The monoisotopic (exact) mass is 484 g/mol. The fourth-order valence-electron chi connectivity index (χ4n) is 3.61. The van der Waals surface area contributed by atoms with E-state index in [9.17, 15) is 9.18 Å². The van der Waals surface area contributed by atoms with Gasteiger partial charge in [-0.05, 0) is 44.4 Å². The van der Waals surface area contributed by atoms with Gasteiger partial charge in [-0.1, -0.05) is 17.7 Å². The van der Waals surface area contributed by atoms with Crippen LogP contribution in [-0.4, -0.2) is 60.6 Å². The van der Waals surface area contributed by atoms with Gasteiger partial charge in [0, 0.05) is 42.1 Å². The number of allylic oxidation sites excluding steroid dienone is 1. The number of benzene rings is 2. The Balaban J connectivity index is 1.68. The summed E-state index contributed by atoms with van der Waals surface area (Å²) in [5.74, 6) is 0.582. The van der Waals surface area contributed by atoms with Gasteiger partial charge in [-0.15, -0.1) is 0 Å². The van der Waals surface area contributed by atoms with Crippen molar-refractivity contribution in [2.45, 2.75) is 18.9 Å². The van der Waals surface area contributed by atoms with Crippen LogP contribution < -0.4 is 10.1 Å². The predicted octanol–water partition coefficient (Wildman–Crippen LogP) is 4.56. The Hall–Kier alpha value is -3.07. The number of nitrogens with one attached hydrogen (secondary N) is 1. The second-order valence-corrected chi connectivity index (χ2v) is 8.77. The summed E-state index contributed by atoms with van der Waals surface area (Å²) >= 11 is 5.92. The van der Waals surface area contributed by atoms with E-state index in [-0.39, 0.29) is 23.3 Å². The molecule has 1 aliphatic rings. The molecule has 0 amide bonds. The maximum Gasteiger partial charge on any atom is 0.159 e. The summed E-state index contributed by atoms with van der Waals surface area (Å²) in [6.45, 7) is 1.83. The van der Waals surface area contributed by atoms with Crippen molar-refractivity contribution in [1.82, 2.24) is 14.9 Å². The lowest BCUT2D eigenvalue weighted by molar-refractivity contribution is -0.114. The van der Waals surface area contributed by atoms with Crippen molar-refractivity contribution in [2.75, 3.05) is 39.2 Å². The van der Waals surface area contributed by atoms with E-state index in [2.05, 4.69) is 15.3 Å². The highest BCUT2D eigenvalue weighted by atomic mass is 35.5. The van der Waals surface area contributed by atoms with Crippen LogP contribution in [0.2, 0.25) is 5.02 Å². The van der Waals surface area contributed by atoms with E-state index >= 15 is 0 Å². The summed E-state index contributed by atoms with van der Waals surface area (Å²) < 4.78 is 25.2. The number of aromatic nitrogens is 2. The minimum Gasteiger partial charge on any atom is -0.488 e. The largest absolute Gasteiger partial charge is 0.488 e. The lowest BCUT2D eigenvalue weighted by atomic mass is 10.0. The number of halogens is 2. The molecule has 1 aliphatic heterocycles. The number of carbonyl (C=O) groups is 1. The molecule has 0 unspecified atom stereocenters. The number of hydrogen-bond donors (Lipinski definition) is 1. The summed E-state index contributed by atoms with van der Waals surface area (Å²) in [5.41, 5.74) is 1.96. The van der Waals surface area contributed by atoms with Crippen LogP contribution in [0.5, 0.6) is 5.75 Å². The SMILES string of the molecule is CN(C)C/C=C/C(=O)Cc1cc2c(Nc3ccc(F)c(Cl)c3)ncnc2cc1O[C@H]1CCOC1. The molecule has 3 aromatic rings. The zero-order valence-corrected chi connectivity index (χ0v) is 19.8. The van der Waals surface area contributed by atoms with Crippen molar-refractivity contribution in [3.05, 3.63) is 65.2 Å². The molecule has 2 heterocycles. The summed E-state index contributed by atoms with van der Waals surface area (Å²) in [6.07, 6.45) is 5.75. The quantitative estimate of drug-likeness (QED) is 0.446. The first-order chi connectivity index (χ1) is 16.4. The maximum atomic E-state index is 13.6. The first-order valence-corrected chi connectivity index (χ1v) is 11.3. The Kier molecular flexibility index (Phi) is 7.72. The average Bonchev–Trinajstić information content (AvgIpc) is 3.30. The number of likely N-dealkylation sites (N-methyl/N-ethyl adjacent to an activating group) is 1. The van der Waals surface area contributed by atoms with Gasteiger partial charge in [0.15, 0.2) is 5.78 Å². The predicted molar refractivity (Wildman–Crippen MR) is 130 cm³/mol. The highest BCUT2D eigenvalue weighted by molar-refractivity contribution is 6.31. The summed E-state index contributed by atoms with van der Waals surface area (Å²) in [7, 11) is 3.88. The van der Waals surface area contributed by atoms with E-state index in [1.165, 1.54) is 18.5 Å². The Morgan fingerprint density at radius 3 is 2.91 bits per heavy atom. The van der Waals surface area contributed by atoms with Gasteiger partial charge in [-0.2, -0.15) is 0 Å². The molecular formula is C25H26ClFN4O3. The zero-order chi connectivity index (χ0) is 24.1. The number of rotatable bonds is 9. The molecule has 1 atom stereocenters. The average molecular weight is 485 g/mol. The van der Waals surface area contributed by atoms with Crippen LogP contribution in [-0.2, 0) is 16.0 Å². The second-order valence-electron chi connectivity index (χ2n) is 8.36. The van der Waals surface area contributed by atoms with Crippen LogP contribution in [0.1, 0.15) is 12.0 Å². The number of fused-ring (bicyclic) bond motifs is 1. The van der Waals surface area contributed by atoms with E-state index in [0.717, 1.165) is 12.0 Å². The topological polar surface area (TPSA) is 76.6 Å². The normalized spacial score (nSPS) is 16.0. The van der Waals surface area contributed by atoms with Gasteiger partial charge in [-0.3, -0.25) is 4.79 Å². The molecule has 1 aromatic heterocycles. The molecule has 9 heteroatoms. The lowest BCUT2D eigenvalue weighted by Crippen LogP contribution is -2.17. The van der Waals surface area contributed by atoms with Crippen molar-refractivity contribution >= 4 is 39.8 Å². The van der Waals surface area contributed by atoms with Gasteiger partial charge in [0.1, 0.15) is 29.8 Å². The molecule has 1 saturated heterocycles. The molecule has 0 radical (unpaired) electrons. The first kappa shape index (κ1) is 24.1. The van der Waals surface area contributed by atoms with Gasteiger partial charge in [0.25, 0.3) is 0 Å². The number of carbonyl (C=O) groups excluding carboxylic acids is 1. The van der Waals surface area contributed by atoms with E-state index in [1.807, 2.05) is 37.2 Å². The van der Waals surface area contributed by atoms with E-state index in [0.29, 0.717) is 47.9 Å². The minimum absolute atomic E-state index is 0.00799. The Labute approximate surface area is 202 Å². The fraction of sp³-hybridized carbons (Fsp3) is 0.320. The molecule has 0 bridgehead atoms. The van der Waals surface area contributed by atoms with Crippen LogP contribution in [0.4, 0.5) is 15.9 Å². The molecule has 0 saturated carbocycles. The molecule has 0 aliphatic carbocycles. The van der Waals surface area contributed by atoms with Crippen LogP contribution >= 0.6 is 11.6 Å². The lowest BCUT2D eigenvalue weighted by Gasteiger charge is -2.17. The Morgan fingerprint density at radius 1 is 1.32 bits per heavy atom. The Morgan fingerprint density at radius 2 is 2.18 bits per heavy atom. The molecule has 1 fully saturated rings. The van der Waals surface area contributed by atoms with Gasteiger partial charge >= 0.3 is 0 Å². The third kappa shape index (κ3) is 6.08. The molecule has 34 heavy (non-hydrogen) atoms. The van der Waals surface area contributed by atoms with Gasteiger partial charge in [-0.25, -0.2) is 14.4 Å². The number of nitrogens with zero attached hydrogens (tertiary/aromatic N) is 3. The third-order valence-corrected chi connectivity index (χ3v) is 5.61. The van der Waals surface area contributed by atoms with E-state index < -0.39 is 5.82 Å². The number of hydrogen-bond acceptors (Lipinski definition) is 7. The van der Waals surface area contributed by atoms with Crippen LogP contribution in [0, 0.1) is 5.82 Å². The van der Waals surface area contributed by atoms with Crippen LogP contribution in [0.3, 0.4) is 0 Å². The van der Waals surface area contributed by atoms with Gasteiger partial charge < -0.3 is 19.7 Å². The molecule has 4 rings (SSSR count). The zero-order valence-electron chi connectivity index (χ0n) is 19.1. The smallest absolute Gasteiger partial charge is 0.159 e. The number of anilines is 2. The maximum absolute atomic E-state index is 13.6. The minimum atomic E-state index is -0.499. The molecule has 7 nitrogen and oxygen atoms in total. The Bertz CT molecular complexity index is 1210. The van der Waals surface area contributed by atoms with Crippen molar-refractivity contribution in [3.63, 3.8) is 0 Å².